The SMILES string of the molecule is O=C1NC(=O)C(C(=O)O)CC1Oc1ccc(CBr)cc1. The van der Waals surface area contributed by atoms with E-state index in [-0.39, 0.29) is 6.42 Å². The minimum atomic E-state index is -1.27. The highest BCUT2D eigenvalue weighted by atomic mass is 79.9. The van der Waals surface area contributed by atoms with E-state index in [9.17, 15) is 14.4 Å². The first-order valence-corrected chi connectivity index (χ1v) is 7.02. The lowest BCUT2D eigenvalue weighted by Crippen LogP contribution is -2.53. The summed E-state index contributed by atoms with van der Waals surface area (Å²) in [6.07, 6.45) is -1.15. The Morgan fingerprint density at radius 2 is 1.95 bits per heavy atom. The number of carboxylic acid groups (broad SMARTS) is 1. The molecular weight excluding hydrogens is 330 g/mol. The predicted molar refractivity (Wildman–Crippen MR) is 72.4 cm³/mol. The molecule has 6 nitrogen and oxygen atoms in total. The van der Waals surface area contributed by atoms with Crippen LogP contribution in [0, 0.1) is 5.92 Å². The molecule has 1 saturated heterocycles. The zero-order valence-corrected chi connectivity index (χ0v) is 11.9. The van der Waals surface area contributed by atoms with Crippen molar-refractivity contribution in [2.75, 3.05) is 0 Å². The molecule has 0 aromatic heterocycles. The molecule has 2 rings (SSSR count). The van der Waals surface area contributed by atoms with Crippen LogP contribution in [0.4, 0.5) is 0 Å². The van der Waals surface area contributed by atoms with Crippen LogP contribution in [0.2, 0.25) is 0 Å². The summed E-state index contributed by atoms with van der Waals surface area (Å²) < 4.78 is 5.45. The fourth-order valence-corrected chi connectivity index (χ4v) is 2.23. The number of carbonyl (C=O) groups excluding carboxylic acids is 2. The molecule has 106 valence electrons. The van der Waals surface area contributed by atoms with Crippen molar-refractivity contribution in [2.45, 2.75) is 17.9 Å². The van der Waals surface area contributed by atoms with Gasteiger partial charge in [0, 0.05) is 11.8 Å². The molecule has 0 spiro atoms. The fraction of sp³-hybridized carbons (Fsp3) is 0.308. The number of piperidine rings is 1. The summed E-state index contributed by atoms with van der Waals surface area (Å²) in [5, 5.41) is 11.6. The topological polar surface area (TPSA) is 92.7 Å². The molecule has 20 heavy (non-hydrogen) atoms. The van der Waals surface area contributed by atoms with Gasteiger partial charge in [-0.05, 0) is 17.7 Å². The third kappa shape index (κ3) is 3.16. The van der Waals surface area contributed by atoms with Crippen LogP contribution < -0.4 is 10.1 Å². The Labute approximate surface area is 123 Å². The molecule has 1 aromatic rings. The number of aliphatic carboxylic acids is 1. The number of amides is 2. The van der Waals surface area contributed by atoms with E-state index in [2.05, 4.69) is 15.9 Å². The number of alkyl halides is 1. The summed E-state index contributed by atoms with van der Waals surface area (Å²) in [4.78, 5) is 33.9. The van der Waals surface area contributed by atoms with Crippen LogP contribution >= 0.6 is 15.9 Å². The highest BCUT2D eigenvalue weighted by Gasteiger charge is 2.40. The van der Waals surface area contributed by atoms with Crippen molar-refractivity contribution in [1.29, 1.82) is 0 Å². The van der Waals surface area contributed by atoms with E-state index in [1.54, 1.807) is 12.1 Å². The molecule has 2 N–H and O–H groups in total. The summed E-state index contributed by atoms with van der Waals surface area (Å²) in [6.45, 7) is 0. The highest BCUT2D eigenvalue weighted by molar-refractivity contribution is 9.08. The molecule has 0 saturated carbocycles. The molecule has 1 aromatic carbocycles. The Morgan fingerprint density at radius 3 is 2.50 bits per heavy atom. The Hall–Kier alpha value is -1.89. The van der Waals surface area contributed by atoms with Gasteiger partial charge in [0.05, 0.1) is 0 Å². The van der Waals surface area contributed by atoms with Gasteiger partial charge in [-0.25, -0.2) is 0 Å². The van der Waals surface area contributed by atoms with Crippen molar-refractivity contribution < 1.29 is 24.2 Å². The first-order chi connectivity index (χ1) is 9.51. The molecule has 1 fully saturated rings. The summed E-state index contributed by atoms with van der Waals surface area (Å²) in [7, 11) is 0. The number of rotatable bonds is 4. The number of hydrogen-bond acceptors (Lipinski definition) is 4. The number of carbonyl (C=O) groups is 3. The molecule has 2 atom stereocenters. The second kappa shape index (κ2) is 6.04. The van der Waals surface area contributed by atoms with Gasteiger partial charge in [-0.3, -0.25) is 19.7 Å². The number of carboxylic acids is 1. The highest BCUT2D eigenvalue weighted by Crippen LogP contribution is 2.21. The molecular formula is C13H12BrNO5. The standard InChI is InChI=1S/C13H12BrNO5/c14-6-7-1-3-8(4-2-7)20-10-5-9(13(18)19)11(16)15-12(10)17/h1-4,9-10H,5-6H2,(H,18,19)(H,15,16,17). The van der Waals surface area contributed by atoms with E-state index in [0.717, 1.165) is 5.56 Å². The molecule has 2 unspecified atom stereocenters. The molecule has 1 heterocycles. The smallest absolute Gasteiger partial charge is 0.316 e. The minimum Gasteiger partial charge on any atom is -0.481 e. The largest absolute Gasteiger partial charge is 0.481 e. The quantitative estimate of drug-likeness (QED) is 0.485. The number of hydrogen-bond donors (Lipinski definition) is 2. The van der Waals surface area contributed by atoms with Crippen molar-refractivity contribution in [3.8, 4) is 5.75 Å². The lowest BCUT2D eigenvalue weighted by atomic mass is 9.96. The zero-order valence-electron chi connectivity index (χ0n) is 10.3. The molecule has 0 radical (unpaired) electrons. The monoisotopic (exact) mass is 341 g/mol. The summed E-state index contributed by atoms with van der Waals surface area (Å²) >= 11 is 3.31. The van der Waals surface area contributed by atoms with Gasteiger partial charge < -0.3 is 9.84 Å². The van der Waals surface area contributed by atoms with E-state index < -0.39 is 29.8 Å². The normalized spacial score (nSPS) is 22.2. The minimum absolute atomic E-state index is 0.166. The Balaban J connectivity index is 2.08. The van der Waals surface area contributed by atoms with Gasteiger partial charge in [-0.2, -0.15) is 0 Å². The maximum absolute atomic E-state index is 11.6. The maximum Gasteiger partial charge on any atom is 0.316 e. The van der Waals surface area contributed by atoms with Crippen molar-refractivity contribution >= 4 is 33.7 Å². The Kier molecular flexibility index (Phi) is 4.39. The number of halogens is 1. The third-order valence-electron chi connectivity index (χ3n) is 2.96. The number of benzene rings is 1. The molecule has 2 amide bonds. The van der Waals surface area contributed by atoms with Gasteiger partial charge >= 0.3 is 5.97 Å². The number of imide groups is 1. The van der Waals surface area contributed by atoms with E-state index in [1.165, 1.54) is 0 Å². The lowest BCUT2D eigenvalue weighted by Gasteiger charge is -2.25. The van der Waals surface area contributed by atoms with Crippen molar-refractivity contribution in [1.82, 2.24) is 5.32 Å². The van der Waals surface area contributed by atoms with Crippen molar-refractivity contribution in [2.24, 2.45) is 5.92 Å². The number of ether oxygens (including phenoxy) is 1. The summed E-state index contributed by atoms with van der Waals surface area (Å²) in [5.74, 6) is -3.49. The lowest BCUT2D eigenvalue weighted by molar-refractivity contribution is -0.153. The van der Waals surface area contributed by atoms with Gasteiger partial charge in [-0.1, -0.05) is 28.1 Å². The van der Waals surface area contributed by atoms with Crippen LogP contribution in [0.1, 0.15) is 12.0 Å². The van der Waals surface area contributed by atoms with Gasteiger partial charge in [0.2, 0.25) is 5.91 Å². The zero-order chi connectivity index (χ0) is 14.7. The molecule has 0 aliphatic carbocycles. The molecule has 1 aliphatic heterocycles. The second-order valence-corrected chi connectivity index (χ2v) is 4.92. The van der Waals surface area contributed by atoms with Gasteiger partial charge in [0.1, 0.15) is 11.7 Å². The Bertz CT molecular complexity index is 542. The summed E-state index contributed by atoms with van der Waals surface area (Å²) in [6, 6.07) is 7.03. The van der Waals surface area contributed by atoms with Gasteiger partial charge in [0.15, 0.2) is 6.10 Å². The van der Waals surface area contributed by atoms with E-state index in [0.29, 0.717) is 11.1 Å². The third-order valence-corrected chi connectivity index (χ3v) is 3.61. The maximum atomic E-state index is 11.6. The van der Waals surface area contributed by atoms with Crippen LogP contribution in [0.15, 0.2) is 24.3 Å². The van der Waals surface area contributed by atoms with E-state index in [4.69, 9.17) is 9.84 Å². The van der Waals surface area contributed by atoms with E-state index >= 15 is 0 Å². The van der Waals surface area contributed by atoms with Gasteiger partial charge in [0.25, 0.3) is 5.91 Å². The number of nitrogens with one attached hydrogen (secondary N) is 1. The van der Waals surface area contributed by atoms with Gasteiger partial charge in [-0.15, -0.1) is 0 Å². The first-order valence-electron chi connectivity index (χ1n) is 5.90. The fourth-order valence-electron chi connectivity index (χ4n) is 1.85. The van der Waals surface area contributed by atoms with Crippen LogP contribution in [-0.2, 0) is 19.7 Å². The predicted octanol–water partition coefficient (Wildman–Crippen LogP) is 1.08. The van der Waals surface area contributed by atoms with Crippen molar-refractivity contribution in [3.05, 3.63) is 29.8 Å². The van der Waals surface area contributed by atoms with Crippen LogP contribution in [0.3, 0.4) is 0 Å². The molecule has 7 heteroatoms. The van der Waals surface area contributed by atoms with Crippen LogP contribution in [-0.4, -0.2) is 29.0 Å². The van der Waals surface area contributed by atoms with Crippen molar-refractivity contribution in [3.63, 3.8) is 0 Å². The second-order valence-electron chi connectivity index (χ2n) is 4.36. The average Bonchev–Trinajstić information content (AvgIpc) is 2.42. The Morgan fingerprint density at radius 1 is 1.30 bits per heavy atom. The summed E-state index contributed by atoms with van der Waals surface area (Å²) in [5.41, 5.74) is 1.05. The average molecular weight is 342 g/mol. The van der Waals surface area contributed by atoms with Crippen LogP contribution in [0.25, 0.3) is 0 Å². The first kappa shape index (κ1) is 14.5. The molecule has 1 aliphatic rings. The van der Waals surface area contributed by atoms with E-state index in [1.807, 2.05) is 17.4 Å². The molecule has 0 bridgehead atoms. The van der Waals surface area contributed by atoms with Crippen LogP contribution in [0.5, 0.6) is 5.75 Å².